The number of hydrogen-bond acceptors (Lipinski definition) is 2. The second-order valence-electron chi connectivity index (χ2n) is 4.43. The van der Waals surface area contributed by atoms with Crippen LogP contribution < -0.4 is 5.32 Å². The molecule has 0 fully saturated rings. The number of carbonyl (C=O) groups is 1. The molecule has 2 aromatic rings. The summed E-state index contributed by atoms with van der Waals surface area (Å²) in [7, 11) is 0. The fourth-order valence-electron chi connectivity index (χ4n) is 1.49. The average Bonchev–Trinajstić information content (AvgIpc) is 2.86. The molecular formula is C15H15N3O. The van der Waals surface area contributed by atoms with E-state index in [0.29, 0.717) is 11.7 Å². The Morgan fingerprint density at radius 2 is 2.05 bits per heavy atom. The Morgan fingerprint density at radius 3 is 2.68 bits per heavy atom. The predicted octanol–water partition coefficient (Wildman–Crippen LogP) is 2.52. The van der Waals surface area contributed by atoms with E-state index in [4.69, 9.17) is 0 Å². The maximum atomic E-state index is 11.6. The van der Waals surface area contributed by atoms with E-state index in [1.165, 1.54) is 0 Å². The summed E-state index contributed by atoms with van der Waals surface area (Å²) in [6.45, 7) is 4.10. The lowest BCUT2D eigenvalue weighted by Gasteiger charge is -1.96. The number of rotatable bonds is 2. The van der Waals surface area contributed by atoms with Gasteiger partial charge in [-0.25, -0.2) is 0 Å². The van der Waals surface area contributed by atoms with Gasteiger partial charge in [-0.15, -0.1) is 0 Å². The van der Waals surface area contributed by atoms with Gasteiger partial charge in [-0.3, -0.25) is 15.2 Å². The molecule has 1 amide bonds. The first-order chi connectivity index (χ1) is 9.15. The Bertz CT molecular complexity index is 618. The number of nitrogens with zero attached hydrogens (tertiary/aromatic N) is 1. The van der Waals surface area contributed by atoms with Gasteiger partial charge in [0.05, 0.1) is 0 Å². The van der Waals surface area contributed by atoms with Crippen molar-refractivity contribution >= 4 is 11.7 Å². The Morgan fingerprint density at radius 1 is 1.32 bits per heavy atom. The van der Waals surface area contributed by atoms with Gasteiger partial charge >= 0.3 is 5.91 Å². The highest BCUT2D eigenvalue weighted by Crippen LogP contribution is 2.14. The van der Waals surface area contributed by atoms with Crippen molar-refractivity contribution in [2.75, 3.05) is 5.32 Å². The minimum atomic E-state index is -0.370. The molecule has 4 heteroatoms. The topological polar surface area (TPSA) is 57.8 Å². The predicted molar refractivity (Wildman–Crippen MR) is 74.6 cm³/mol. The summed E-state index contributed by atoms with van der Waals surface area (Å²) in [6, 6.07) is 11.2. The first kappa shape index (κ1) is 12.9. The summed E-state index contributed by atoms with van der Waals surface area (Å²) in [5.74, 6) is 5.79. The van der Waals surface area contributed by atoms with Crippen molar-refractivity contribution in [1.29, 1.82) is 0 Å². The van der Waals surface area contributed by atoms with Crippen LogP contribution in [-0.2, 0) is 4.79 Å². The number of aromatic nitrogens is 2. The highest BCUT2D eigenvalue weighted by Gasteiger charge is 2.06. The second kappa shape index (κ2) is 5.87. The summed E-state index contributed by atoms with van der Waals surface area (Å²) < 4.78 is 0. The Labute approximate surface area is 112 Å². The van der Waals surface area contributed by atoms with Crippen molar-refractivity contribution in [3.05, 3.63) is 47.7 Å². The van der Waals surface area contributed by atoms with E-state index in [1.807, 2.05) is 50.2 Å². The highest BCUT2D eigenvalue weighted by atomic mass is 16.1. The van der Waals surface area contributed by atoms with Gasteiger partial charge in [0.25, 0.3) is 0 Å². The van der Waals surface area contributed by atoms with Crippen LogP contribution >= 0.6 is 0 Å². The SMILES string of the molecule is CC(C)c1cc(NC(=O)C#Cc2ccccc2)n[nH]1. The third-order valence-electron chi connectivity index (χ3n) is 2.56. The largest absolute Gasteiger partial charge is 0.301 e. The van der Waals surface area contributed by atoms with Gasteiger partial charge in [0.1, 0.15) is 0 Å². The van der Waals surface area contributed by atoms with Crippen LogP contribution in [-0.4, -0.2) is 16.1 Å². The molecule has 0 bridgehead atoms. The van der Waals surface area contributed by atoms with Crippen LogP contribution in [0.3, 0.4) is 0 Å². The molecule has 0 unspecified atom stereocenters. The lowest BCUT2D eigenvalue weighted by atomic mass is 10.1. The number of anilines is 1. The molecule has 4 nitrogen and oxygen atoms in total. The van der Waals surface area contributed by atoms with E-state index in [2.05, 4.69) is 27.4 Å². The number of hydrogen-bond donors (Lipinski definition) is 2. The first-order valence-corrected chi connectivity index (χ1v) is 6.08. The summed E-state index contributed by atoms with van der Waals surface area (Å²) >= 11 is 0. The number of amides is 1. The lowest BCUT2D eigenvalue weighted by Crippen LogP contribution is -2.08. The maximum Gasteiger partial charge on any atom is 0.301 e. The standard InChI is InChI=1S/C15H15N3O/c1-11(2)13-10-14(18-17-13)16-15(19)9-8-12-6-4-3-5-7-12/h3-7,10-11H,1-2H3,(H2,16,17,18,19). The third-order valence-corrected chi connectivity index (χ3v) is 2.56. The maximum absolute atomic E-state index is 11.6. The van der Waals surface area contributed by atoms with E-state index >= 15 is 0 Å². The number of H-pyrrole nitrogens is 1. The van der Waals surface area contributed by atoms with Crippen LogP contribution in [0.4, 0.5) is 5.82 Å². The molecule has 0 radical (unpaired) electrons. The number of nitrogens with one attached hydrogen (secondary N) is 2. The quantitative estimate of drug-likeness (QED) is 0.808. The van der Waals surface area contributed by atoms with Gasteiger partial charge in [0.2, 0.25) is 0 Å². The van der Waals surface area contributed by atoms with Crippen LogP contribution in [0.25, 0.3) is 0 Å². The minimum Gasteiger partial charge on any atom is -0.298 e. The van der Waals surface area contributed by atoms with Gasteiger partial charge < -0.3 is 0 Å². The molecule has 0 aliphatic carbocycles. The molecule has 1 heterocycles. The third kappa shape index (κ3) is 3.71. The normalized spacial score (nSPS) is 9.84. The zero-order valence-electron chi connectivity index (χ0n) is 10.9. The molecule has 0 saturated carbocycles. The van der Waals surface area contributed by atoms with Crippen molar-refractivity contribution in [3.63, 3.8) is 0 Å². The molecule has 2 N–H and O–H groups in total. The molecule has 19 heavy (non-hydrogen) atoms. The molecule has 0 spiro atoms. The van der Waals surface area contributed by atoms with Crippen molar-refractivity contribution < 1.29 is 4.79 Å². The van der Waals surface area contributed by atoms with Crippen LogP contribution in [0.1, 0.15) is 31.0 Å². The molecule has 1 aromatic heterocycles. The molecule has 96 valence electrons. The fraction of sp³-hybridized carbons (Fsp3) is 0.200. The van der Waals surface area contributed by atoms with Crippen molar-refractivity contribution in [2.45, 2.75) is 19.8 Å². The summed E-state index contributed by atoms with van der Waals surface area (Å²) in [5.41, 5.74) is 1.79. The molecule has 1 aromatic carbocycles. The summed E-state index contributed by atoms with van der Waals surface area (Å²) in [6.07, 6.45) is 0. The minimum absolute atomic E-state index is 0.341. The van der Waals surface area contributed by atoms with E-state index in [1.54, 1.807) is 0 Å². The van der Waals surface area contributed by atoms with Crippen LogP contribution in [0.2, 0.25) is 0 Å². The van der Waals surface area contributed by atoms with Crippen molar-refractivity contribution in [1.82, 2.24) is 10.2 Å². The van der Waals surface area contributed by atoms with E-state index < -0.39 is 0 Å². The highest BCUT2D eigenvalue weighted by molar-refractivity contribution is 6.03. The van der Waals surface area contributed by atoms with Gasteiger partial charge in [-0.05, 0) is 18.1 Å². The summed E-state index contributed by atoms with van der Waals surface area (Å²) in [5, 5.41) is 9.51. The number of carbonyl (C=O) groups excluding carboxylic acids is 1. The smallest absolute Gasteiger partial charge is 0.298 e. The molecule has 2 rings (SSSR count). The van der Waals surface area contributed by atoms with Gasteiger partial charge in [-0.1, -0.05) is 38.0 Å². The van der Waals surface area contributed by atoms with Crippen LogP contribution in [0.5, 0.6) is 0 Å². The van der Waals surface area contributed by atoms with Gasteiger partial charge in [0.15, 0.2) is 5.82 Å². The van der Waals surface area contributed by atoms with Crippen molar-refractivity contribution in [3.8, 4) is 11.8 Å². The second-order valence-corrected chi connectivity index (χ2v) is 4.43. The lowest BCUT2D eigenvalue weighted by molar-refractivity contribution is -0.111. The molecule has 0 saturated heterocycles. The van der Waals surface area contributed by atoms with Crippen molar-refractivity contribution in [2.24, 2.45) is 0 Å². The first-order valence-electron chi connectivity index (χ1n) is 6.08. The van der Waals surface area contributed by atoms with Crippen LogP contribution in [0.15, 0.2) is 36.4 Å². The molecule has 0 aliphatic rings. The summed E-state index contributed by atoms with van der Waals surface area (Å²) in [4.78, 5) is 11.6. The Balaban J connectivity index is 2.00. The van der Waals surface area contributed by atoms with E-state index in [0.717, 1.165) is 11.3 Å². The number of benzene rings is 1. The zero-order valence-corrected chi connectivity index (χ0v) is 10.9. The van der Waals surface area contributed by atoms with Gasteiger partial charge in [-0.2, -0.15) is 5.10 Å². The molecule has 0 aliphatic heterocycles. The molecular weight excluding hydrogens is 238 g/mol. The fourth-order valence-corrected chi connectivity index (χ4v) is 1.49. The average molecular weight is 253 g/mol. The van der Waals surface area contributed by atoms with Gasteiger partial charge in [0, 0.05) is 23.2 Å². The zero-order chi connectivity index (χ0) is 13.7. The Kier molecular flexibility index (Phi) is 3.99. The monoisotopic (exact) mass is 253 g/mol. The van der Waals surface area contributed by atoms with E-state index in [9.17, 15) is 4.79 Å². The molecule has 0 atom stereocenters. The Hall–Kier alpha value is -2.54. The van der Waals surface area contributed by atoms with Crippen LogP contribution in [0, 0.1) is 11.8 Å². The van der Waals surface area contributed by atoms with E-state index in [-0.39, 0.29) is 5.91 Å². The number of aromatic amines is 1.